The summed E-state index contributed by atoms with van der Waals surface area (Å²) in [4.78, 5) is 48.7. The fourth-order valence-corrected chi connectivity index (χ4v) is 1.01. The number of hydrogen-bond donors (Lipinski definition) is 0. The van der Waals surface area contributed by atoms with Crippen LogP contribution >= 0.6 is 0 Å². The number of unbranched alkanes of at least 4 members (excludes halogenated alkanes) is 1. The van der Waals surface area contributed by atoms with E-state index in [4.69, 9.17) is 0 Å². The van der Waals surface area contributed by atoms with Gasteiger partial charge in [-0.1, -0.05) is 13.8 Å². The quantitative estimate of drug-likeness (QED) is 0.395. The van der Waals surface area contributed by atoms with Crippen LogP contribution in [0.4, 0.5) is 0 Å². The zero-order valence-corrected chi connectivity index (χ0v) is 10.1. The zero-order chi connectivity index (χ0) is 13.3. The molecule has 0 spiro atoms. The van der Waals surface area contributed by atoms with Crippen molar-refractivity contribution in [3.63, 3.8) is 0 Å². The Hall–Kier alpha value is -1.72. The van der Waals surface area contributed by atoms with Crippen molar-refractivity contribution in [2.75, 3.05) is 0 Å². The number of rotatable bonds is 6. The maximum Gasteiger partial charge on any atom is 0.333 e. The summed E-state index contributed by atoms with van der Waals surface area (Å²) >= 11 is 0. The molecule has 0 aliphatic rings. The summed E-state index contributed by atoms with van der Waals surface area (Å²) in [5.41, 5.74) is 0. The number of hydroxylamine groups is 2. The first-order valence-corrected chi connectivity index (χ1v) is 5.57. The maximum atomic E-state index is 11.3. The summed E-state index contributed by atoms with van der Waals surface area (Å²) in [5.74, 6) is -1.79. The molecule has 0 saturated carbocycles. The SMILES string of the molecule is CCC(=O)N(OC(=O)CCCC=O)C(=O)CC. The Morgan fingerprint density at radius 1 is 1.12 bits per heavy atom. The van der Waals surface area contributed by atoms with Crippen molar-refractivity contribution >= 4 is 24.1 Å². The average molecular weight is 243 g/mol. The lowest BCUT2D eigenvalue weighted by Gasteiger charge is -2.17. The Balaban J connectivity index is 4.33. The first kappa shape index (κ1) is 15.3. The Bertz CT molecular complexity index is 284. The molecule has 0 aromatic carbocycles. The number of hydrogen-bond acceptors (Lipinski definition) is 5. The van der Waals surface area contributed by atoms with E-state index in [9.17, 15) is 19.2 Å². The van der Waals surface area contributed by atoms with Crippen LogP contribution in [0.25, 0.3) is 0 Å². The van der Waals surface area contributed by atoms with E-state index in [1.54, 1.807) is 13.8 Å². The van der Waals surface area contributed by atoms with E-state index in [1.807, 2.05) is 0 Å². The van der Waals surface area contributed by atoms with E-state index >= 15 is 0 Å². The summed E-state index contributed by atoms with van der Waals surface area (Å²) < 4.78 is 0. The molecule has 0 radical (unpaired) electrons. The van der Waals surface area contributed by atoms with Crippen molar-refractivity contribution in [3.05, 3.63) is 0 Å². The maximum absolute atomic E-state index is 11.3. The molecule has 0 heterocycles. The predicted molar refractivity (Wildman–Crippen MR) is 58.4 cm³/mol. The third kappa shape index (κ3) is 5.79. The normalized spacial score (nSPS) is 9.53. The topological polar surface area (TPSA) is 80.8 Å². The average Bonchev–Trinajstić information content (AvgIpc) is 2.34. The predicted octanol–water partition coefficient (Wildman–Crippen LogP) is 0.989. The molecule has 0 unspecified atom stereocenters. The molecule has 0 aliphatic carbocycles. The fraction of sp³-hybridized carbons (Fsp3) is 0.636. The fourth-order valence-electron chi connectivity index (χ4n) is 1.01. The van der Waals surface area contributed by atoms with Gasteiger partial charge in [0, 0.05) is 25.7 Å². The molecular weight excluding hydrogens is 226 g/mol. The van der Waals surface area contributed by atoms with E-state index in [1.165, 1.54) is 0 Å². The monoisotopic (exact) mass is 243 g/mol. The van der Waals surface area contributed by atoms with Gasteiger partial charge < -0.3 is 9.63 Å². The molecule has 0 aromatic rings. The summed E-state index contributed by atoms with van der Waals surface area (Å²) in [6.07, 6.45) is 1.44. The summed E-state index contributed by atoms with van der Waals surface area (Å²) in [7, 11) is 0. The molecular formula is C11H17NO5. The summed E-state index contributed by atoms with van der Waals surface area (Å²) in [6, 6.07) is 0. The summed E-state index contributed by atoms with van der Waals surface area (Å²) in [5, 5.41) is 0.503. The lowest BCUT2D eigenvalue weighted by atomic mass is 10.2. The Morgan fingerprint density at radius 3 is 2.06 bits per heavy atom. The van der Waals surface area contributed by atoms with E-state index in [0.717, 1.165) is 0 Å². The second-order valence-electron chi connectivity index (χ2n) is 3.31. The standard InChI is InChI=1S/C11H17NO5/c1-3-9(14)12(10(15)4-2)17-11(16)7-5-6-8-13/h8H,3-7H2,1-2H3. The van der Waals surface area contributed by atoms with Crippen LogP contribution in [0, 0.1) is 0 Å². The number of aldehydes is 1. The molecule has 0 aromatic heterocycles. The second-order valence-corrected chi connectivity index (χ2v) is 3.31. The van der Waals surface area contributed by atoms with Gasteiger partial charge in [0.2, 0.25) is 0 Å². The van der Waals surface area contributed by atoms with E-state index in [2.05, 4.69) is 4.84 Å². The van der Waals surface area contributed by atoms with Crippen LogP contribution in [0.3, 0.4) is 0 Å². The van der Waals surface area contributed by atoms with Crippen molar-refractivity contribution in [1.29, 1.82) is 0 Å². The number of imide groups is 1. The lowest BCUT2D eigenvalue weighted by molar-refractivity contribution is -0.202. The molecule has 0 atom stereocenters. The van der Waals surface area contributed by atoms with Crippen molar-refractivity contribution < 1.29 is 24.0 Å². The number of carbonyl (C=O) groups excluding carboxylic acids is 4. The third-order valence-electron chi connectivity index (χ3n) is 1.95. The molecule has 6 nitrogen and oxygen atoms in total. The molecule has 96 valence electrons. The molecule has 0 N–H and O–H groups in total. The van der Waals surface area contributed by atoms with Crippen LogP contribution in [-0.4, -0.2) is 29.1 Å². The van der Waals surface area contributed by atoms with Crippen LogP contribution in [0.1, 0.15) is 46.0 Å². The molecule has 0 saturated heterocycles. The van der Waals surface area contributed by atoms with Gasteiger partial charge in [0.15, 0.2) is 0 Å². The lowest BCUT2D eigenvalue weighted by Crippen LogP contribution is -2.38. The van der Waals surface area contributed by atoms with Gasteiger partial charge >= 0.3 is 5.97 Å². The van der Waals surface area contributed by atoms with Crippen molar-refractivity contribution in [2.24, 2.45) is 0 Å². The van der Waals surface area contributed by atoms with Gasteiger partial charge in [0.25, 0.3) is 11.8 Å². The molecule has 0 bridgehead atoms. The highest BCUT2D eigenvalue weighted by atomic mass is 16.7. The van der Waals surface area contributed by atoms with Crippen LogP contribution in [-0.2, 0) is 24.0 Å². The molecule has 0 fully saturated rings. The van der Waals surface area contributed by atoms with Gasteiger partial charge in [-0.05, 0) is 6.42 Å². The Labute approximate surface area is 99.9 Å². The van der Waals surface area contributed by atoms with Gasteiger partial charge in [0.1, 0.15) is 6.29 Å². The first-order valence-electron chi connectivity index (χ1n) is 5.57. The Kier molecular flexibility index (Phi) is 7.58. The molecule has 17 heavy (non-hydrogen) atoms. The van der Waals surface area contributed by atoms with Gasteiger partial charge in [-0.2, -0.15) is 0 Å². The minimum absolute atomic E-state index is 0.00320. The smallest absolute Gasteiger partial charge is 0.330 e. The van der Waals surface area contributed by atoms with E-state index < -0.39 is 17.8 Å². The van der Waals surface area contributed by atoms with Gasteiger partial charge in [-0.3, -0.25) is 9.59 Å². The number of amides is 2. The van der Waals surface area contributed by atoms with Crippen molar-refractivity contribution in [1.82, 2.24) is 5.06 Å². The second kappa shape index (κ2) is 8.43. The number of carbonyl (C=O) groups is 4. The molecule has 0 aliphatic heterocycles. The van der Waals surface area contributed by atoms with Crippen LogP contribution in [0.5, 0.6) is 0 Å². The third-order valence-corrected chi connectivity index (χ3v) is 1.95. The van der Waals surface area contributed by atoms with Crippen LogP contribution < -0.4 is 0 Å². The molecule has 6 heteroatoms. The number of nitrogens with zero attached hydrogens (tertiary/aromatic N) is 1. The minimum Gasteiger partial charge on any atom is -0.330 e. The zero-order valence-electron chi connectivity index (χ0n) is 10.1. The summed E-state index contributed by atoms with van der Waals surface area (Å²) in [6.45, 7) is 3.14. The van der Waals surface area contributed by atoms with Crippen LogP contribution in [0.15, 0.2) is 0 Å². The van der Waals surface area contributed by atoms with Gasteiger partial charge in [-0.15, -0.1) is 5.06 Å². The van der Waals surface area contributed by atoms with Crippen LogP contribution in [0.2, 0.25) is 0 Å². The van der Waals surface area contributed by atoms with Gasteiger partial charge in [0.05, 0.1) is 0 Å². The highest BCUT2D eigenvalue weighted by molar-refractivity contribution is 5.94. The van der Waals surface area contributed by atoms with Crippen molar-refractivity contribution in [3.8, 4) is 0 Å². The van der Waals surface area contributed by atoms with E-state index in [-0.39, 0.29) is 25.7 Å². The van der Waals surface area contributed by atoms with E-state index in [0.29, 0.717) is 17.8 Å². The highest BCUT2D eigenvalue weighted by Crippen LogP contribution is 2.04. The van der Waals surface area contributed by atoms with Crippen molar-refractivity contribution in [2.45, 2.75) is 46.0 Å². The molecule has 0 rings (SSSR count). The largest absolute Gasteiger partial charge is 0.333 e. The van der Waals surface area contributed by atoms with Gasteiger partial charge in [-0.25, -0.2) is 4.79 Å². The Morgan fingerprint density at radius 2 is 1.65 bits per heavy atom. The highest BCUT2D eigenvalue weighted by Gasteiger charge is 2.23. The molecule has 2 amide bonds. The minimum atomic E-state index is -0.685. The first-order chi connectivity index (χ1) is 8.06.